The highest BCUT2D eigenvalue weighted by molar-refractivity contribution is 8.23. The third-order valence-corrected chi connectivity index (χ3v) is 11.7. The quantitative estimate of drug-likeness (QED) is 0.318. The van der Waals surface area contributed by atoms with E-state index >= 15 is 0 Å². The van der Waals surface area contributed by atoms with Crippen LogP contribution in [-0.2, 0) is 18.4 Å². The van der Waals surface area contributed by atoms with Crippen LogP contribution in [-0.4, -0.2) is 47.0 Å². The van der Waals surface area contributed by atoms with E-state index in [1.54, 1.807) is 28.3 Å². The van der Waals surface area contributed by atoms with Gasteiger partial charge in [-0.05, 0) is 77.5 Å². The zero-order valence-electron chi connectivity index (χ0n) is 22.1. The molecule has 0 radical (unpaired) electrons. The second-order valence-electron chi connectivity index (χ2n) is 9.08. The summed E-state index contributed by atoms with van der Waals surface area (Å²) in [5.74, 6) is 1.42. The first-order chi connectivity index (χ1) is 19.3. The molecule has 0 N–H and O–H groups in total. The summed E-state index contributed by atoms with van der Waals surface area (Å²) in [5.41, 5.74) is 1.61. The fourth-order valence-electron chi connectivity index (χ4n) is 4.56. The molecule has 6 rings (SSSR count). The Morgan fingerprint density at radius 2 is 1.90 bits per heavy atom. The number of rotatable bonds is 4. The first-order valence-electron chi connectivity index (χ1n) is 12.5. The molecule has 2 aliphatic rings. The van der Waals surface area contributed by atoms with E-state index in [2.05, 4.69) is 4.90 Å². The SMILES string of the molecule is CCn1c(=C2SC(=Nc3sc4cc(Cl)ccc4[n+]3C)N(c3ccc(OC)cc3)C2=O)sc(=C2SCCN2C)c1=O. The van der Waals surface area contributed by atoms with Crippen molar-refractivity contribution in [1.82, 2.24) is 9.47 Å². The standard InChI is InChI=1S/C27H25ClN5O3S4/c1-5-32-22(34)20(24-30(2)12-13-37-24)39-25(32)21-23(35)33(16-7-9-17(36-4)10-8-16)27(40-21)29-26-31(3)18-11-6-15(28)14-19(18)38-26/h6-11,14H,5,12-13H2,1-4H3/q+1. The minimum atomic E-state index is -0.215. The van der Waals surface area contributed by atoms with Crippen LogP contribution in [0.5, 0.6) is 5.75 Å². The number of fused-ring (bicyclic) bond motifs is 1. The molecule has 0 spiro atoms. The fourth-order valence-corrected chi connectivity index (χ4v) is 9.66. The molecule has 206 valence electrons. The minimum Gasteiger partial charge on any atom is -0.497 e. The maximum Gasteiger partial charge on any atom is 0.385 e. The van der Waals surface area contributed by atoms with Crippen LogP contribution in [0.2, 0.25) is 5.02 Å². The molecular formula is C27H25ClN5O3S4+. The number of aromatic nitrogens is 2. The van der Waals surface area contributed by atoms with Crippen LogP contribution in [0.3, 0.4) is 0 Å². The van der Waals surface area contributed by atoms with Gasteiger partial charge in [0, 0.05) is 30.9 Å². The van der Waals surface area contributed by atoms with Gasteiger partial charge in [0.2, 0.25) is 0 Å². The topological polar surface area (TPSA) is 71.0 Å². The Hall–Kier alpha value is -2.77. The number of thioether (sulfide) groups is 2. The number of aryl methyl sites for hydroxylation is 1. The molecule has 2 aliphatic heterocycles. The highest BCUT2D eigenvalue weighted by Gasteiger charge is 2.41. The van der Waals surface area contributed by atoms with Crippen molar-refractivity contribution in [3.63, 3.8) is 0 Å². The molecule has 0 atom stereocenters. The number of hydrogen-bond donors (Lipinski definition) is 0. The molecule has 0 saturated carbocycles. The minimum absolute atomic E-state index is 0.0613. The van der Waals surface area contributed by atoms with Gasteiger partial charge in [-0.3, -0.25) is 14.2 Å². The third-order valence-electron chi connectivity index (χ3n) is 6.68. The molecular weight excluding hydrogens is 606 g/mol. The Morgan fingerprint density at radius 1 is 1.12 bits per heavy atom. The number of hydrogen-bond acceptors (Lipinski definition) is 9. The first-order valence-corrected chi connectivity index (χ1v) is 16.3. The van der Waals surface area contributed by atoms with Crippen molar-refractivity contribution in [2.75, 3.05) is 31.4 Å². The Morgan fingerprint density at radius 3 is 2.58 bits per heavy atom. The molecule has 0 unspecified atom stereocenters. The van der Waals surface area contributed by atoms with Crippen LogP contribution in [0.25, 0.3) is 20.2 Å². The summed E-state index contributed by atoms with van der Waals surface area (Å²) in [5, 5.41) is 2.87. The third kappa shape index (κ3) is 4.65. The molecule has 13 heteroatoms. The van der Waals surface area contributed by atoms with Gasteiger partial charge >= 0.3 is 5.13 Å². The number of carbonyl (C=O) groups excluding carboxylic acids is 1. The number of nitrogens with zero attached hydrogens (tertiary/aromatic N) is 5. The van der Waals surface area contributed by atoms with Gasteiger partial charge in [0.1, 0.15) is 25.4 Å². The van der Waals surface area contributed by atoms with Crippen LogP contribution in [0, 0.1) is 0 Å². The van der Waals surface area contributed by atoms with Gasteiger partial charge in [-0.25, -0.2) is 9.47 Å². The molecule has 0 aliphatic carbocycles. The molecule has 0 bridgehead atoms. The number of halogens is 1. The molecule has 2 aromatic carbocycles. The van der Waals surface area contributed by atoms with Crippen molar-refractivity contribution < 1.29 is 14.1 Å². The second-order valence-corrected chi connectivity index (χ2v) is 13.6. The molecule has 1 amide bonds. The van der Waals surface area contributed by atoms with E-state index in [-0.39, 0.29) is 11.5 Å². The van der Waals surface area contributed by atoms with Gasteiger partial charge in [0.05, 0.1) is 29.6 Å². The van der Waals surface area contributed by atoms with Gasteiger partial charge in [-0.2, -0.15) is 0 Å². The zero-order chi connectivity index (χ0) is 28.1. The smallest absolute Gasteiger partial charge is 0.385 e. The van der Waals surface area contributed by atoms with E-state index in [1.165, 1.54) is 34.4 Å². The monoisotopic (exact) mass is 630 g/mol. The Kier molecular flexibility index (Phi) is 7.47. The van der Waals surface area contributed by atoms with Gasteiger partial charge in [-0.1, -0.05) is 11.6 Å². The summed E-state index contributed by atoms with van der Waals surface area (Å²) < 4.78 is 11.4. The summed E-state index contributed by atoms with van der Waals surface area (Å²) in [7, 11) is 5.55. The number of benzene rings is 2. The van der Waals surface area contributed by atoms with E-state index in [9.17, 15) is 9.59 Å². The first kappa shape index (κ1) is 27.4. The van der Waals surface area contributed by atoms with E-state index in [4.69, 9.17) is 21.3 Å². The van der Waals surface area contributed by atoms with Crippen LogP contribution in [0.15, 0.2) is 52.3 Å². The number of methoxy groups -OCH3 is 1. The molecule has 40 heavy (non-hydrogen) atoms. The van der Waals surface area contributed by atoms with Crippen LogP contribution < -0.4 is 29.0 Å². The summed E-state index contributed by atoms with van der Waals surface area (Å²) in [6.07, 6.45) is 0. The van der Waals surface area contributed by atoms with Gasteiger partial charge in [-0.15, -0.1) is 23.1 Å². The lowest BCUT2D eigenvalue weighted by Crippen LogP contribution is -2.34. The average Bonchev–Trinajstić information content (AvgIpc) is 3.68. The van der Waals surface area contributed by atoms with Gasteiger partial charge < -0.3 is 9.64 Å². The van der Waals surface area contributed by atoms with Gasteiger partial charge in [0.25, 0.3) is 16.6 Å². The maximum absolute atomic E-state index is 14.1. The van der Waals surface area contributed by atoms with E-state index < -0.39 is 0 Å². The maximum atomic E-state index is 14.1. The van der Waals surface area contributed by atoms with Crippen molar-refractivity contribution in [1.29, 1.82) is 0 Å². The Labute approximate surface area is 251 Å². The highest BCUT2D eigenvalue weighted by atomic mass is 35.5. The number of thiazole rings is 2. The lowest BCUT2D eigenvalue weighted by atomic mass is 10.2. The zero-order valence-corrected chi connectivity index (χ0v) is 26.2. The predicted octanol–water partition coefficient (Wildman–Crippen LogP) is 3.95. The number of amidine groups is 1. The summed E-state index contributed by atoms with van der Waals surface area (Å²) in [6, 6.07) is 13.1. The van der Waals surface area contributed by atoms with Crippen molar-refractivity contribution >= 4 is 99.8 Å². The predicted molar refractivity (Wildman–Crippen MR) is 169 cm³/mol. The molecule has 2 saturated heterocycles. The van der Waals surface area contributed by atoms with E-state index in [0.717, 1.165) is 32.7 Å². The van der Waals surface area contributed by atoms with E-state index in [1.807, 2.05) is 68.1 Å². The molecule has 8 nitrogen and oxygen atoms in total. The van der Waals surface area contributed by atoms with Crippen LogP contribution in [0.4, 0.5) is 10.8 Å². The normalized spacial score (nSPS) is 19.5. The summed E-state index contributed by atoms with van der Waals surface area (Å²) in [6.45, 7) is 3.29. The molecule has 4 heterocycles. The van der Waals surface area contributed by atoms with Gasteiger partial charge in [0.15, 0.2) is 0 Å². The van der Waals surface area contributed by atoms with Crippen LogP contribution in [0.1, 0.15) is 6.92 Å². The van der Waals surface area contributed by atoms with E-state index in [0.29, 0.717) is 42.3 Å². The lowest BCUT2D eigenvalue weighted by molar-refractivity contribution is -0.627. The Bertz CT molecular complexity index is 1880. The van der Waals surface area contributed by atoms with Crippen molar-refractivity contribution in [3.8, 4) is 5.75 Å². The summed E-state index contributed by atoms with van der Waals surface area (Å²) in [4.78, 5) is 36.8. The highest BCUT2D eigenvalue weighted by Crippen LogP contribution is 2.38. The molecule has 2 fully saturated rings. The van der Waals surface area contributed by atoms with Crippen molar-refractivity contribution in [2.24, 2.45) is 12.0 Å². The Balaban J connectivity index is 1.57. The van der Waals surface area contributed by atoms with Crippen molar-refractivity contribution in [2.45, 2.75) is 13.5 Å². The molecule has 2 aromatic heterocycles. The number of ether oxygens (including phenoxy) is 1. The number of aliphatic imine (C=N–C) groups is 1. The largest absolute Gasteiger partial charge is 0.497 e. The number of anilines is 1. The summed E-state index contributed by atoms with van der Waals surface area (Å²) >= 11 is 12.1. The number of amides is 1. The fraction of sp³-hybridized carbons (Fsp3) is 0.259. The number of carbonyl (C=O) groups is 1. The average molecular weight is 631 g/mol. The van der Waals surface area contributed by atoms with Crippen molar-refractivity contribution in [3.05, 3.63) is 67.0 Å². The lowest BCUT2D eigenvalue weighted by Gasteiger charge is -2.13. The second kappa shape index (κ2) is 10.9. The van der Waals surface area contributed by atoms with Crippen LogP contribution >= 0.6 is 57.8 Å². The molecule has 4 aromatic rings.